The summed E-state index contributed by atoms with van der Waals surface area (Å²) in [5.41, 5.74) is -0.692. The third-order valence-electron chi connectivity index (χ3n) is 3.95. The van der Waals surface area contributed by atoms with Gasteiger partial charge >= 0.3 is 0 Å². The Bertz CT molecular complexity index is 327. The van der Waals surface area contributed by atoms with Crippen molar-refractivity contribution in [3.05, 3.63) is 0 Å². The summed E-state index contributed by atoms with van der Waals surface area (Å²) < 4.78 is 12.3. The predicted molar refractivity (Wildman–Crippen MR) is 65.7 cm³/mol. The van der Waals surface area contributed by atoms with E-state index in [0.29, 0.717) is 25.9 Å². The topological polar surface area (TPSA) is 49.4 Å². The molecule has 0 atom stereocenters. The molecule has 2 amide bonds. The number of halogens is 1. The van der Waals surface area contributed by atoms with E-state index in [-0.39, 0.29) is 11.8 Å². The molecule has 1 saturated heterocycles. The molecule has 1 N–H and O–H groups in total. The van der Waals surface area contributed by atoms with Crippen LogP contribution in [0.5, 0.6) is 0 Å². The number of alkyl halides is 1. The molecule has 4 nitrogen and oxygen atoms in total. The highest BCUT2D eigenvalue weighted by Gasteiger charge is 2.44. The first-order chi connectivity index (χ1) is 8.68. The largest absolute Gasteiger partial charge is 0.342 e. The van der Waals surface area contributed by atoms with Gasteiger partial charge in [-0.2, -0.15) is 0 Å². The molecule has 5 heteroatoms. The third-order valence-corrected chi connectivity index (χ3v) is 3.95. The van der Waals surface area contributed by atoms with Gasteiger partial charge in [0.2, 0.25) is 11.8 Å². The summed E-state index contributed by atoms with van der Waals surface area (Å²) in [6.07, 6.45) is 5.21. The number of nitrogens with zero attached hydrogens (tertiary/aromatic N) is 1. The van der Waals surface area contributed by atoms with Crippen LogP contribution in [0.3, 0.4) is 0 Å². The Balaban J connectivity index is 2.15. The van der Waals surface area contributed by atoms with E-state index in [1.54, 1.807) is 4.90 Å². The molecule has 0 aromatic heterocycles. The van der Waals surface area contributed by atoms with E-state index >= 15 is 0 Å². The van der Waals surface area contributed by atoms with Gasteiger partial charge in [0.15, 0.2) is 0 Å². The van der Waals surface area contributed by atoms with Crippen molar-refractivity contribution in [2.24, 2.45) is 0 Å². The fourth-order valence-electron chi connectivity index (χ4n) is 2.98. The zero-order valence-corrected chi connectivity index (χ0v) is 10.7. The van der Waals surface area contributed by atoms with E-state index in [1.165, 1.54) is 0 Å². The van der Waals surface area contributed by atoms with E-state index in [9.17, 15) is 14.0 Å². The van der Waals surface area contributed by atoms with Crippen molar-refractivity contribution >= 4 is 11.8 Å². The van der Waals surface area contributed by atoms with Crippen molar-refractivity contribution in [1.82, 2.24) is 10.2 Å². The molecule has 2 rings (SSSR count). The lowest BCUT2D eigenvalue weighted by molar-refractivity contribution is -0.140. The van der Waals surface area contributed by atoms with Crippen LogP contribution in [-0.4, -0.2) is 42.0 Å². The lowest BCUT2D eigenvalue weighted by Gasteiger charge is -2.38. The minimum absolute atomic E-state index is 0.00139. The fourth-order valence-corrected chi connectivity index (χ4v) is 2.98. The summed E-state index contributed by atoms with van der Waals surface area (Å²) in [6.45, 7) is 0.427. The van der Waals surface area contributed by atoms with Gasteiger partial charge in [-0.05, 0) is 19.3 Å². The van der Waals surface area contributed by atoms with Gasteiger partial charge in [0.1, 0.15) is 5.54 Å². The maximum atomic E-state index is 12.6. The standard InChI is InChI=1S/C13H21FN2O2/c14-8-4-9-16-10-5-11(17)15-13(12(16)18)6-2-1-3-7-13/h1-10H2,(H,15,17). The van der Waals surface area contributed by atoms with Crippen LogP contribution in [0.4, 0.5) is 4.39 Å². The number of nitrogens with one attached hydrogen (secondary N) is 1. The summed E-state index contributed by atoms with van der Waals surface area (Å²) in [5, 5.41) is 2.93. The number of carbonyl (C=O) groups is 2. The Morgan fingerprint density at radius 1 is 1.22 bits per heavy atom. The molecule has 1 saturated carbocycles. The molecule has 1 heterocycles. The van der Waals surface area contributed by atoms with E-state index < -0.39 is 12.2 Å². The van der Waals surface area contributed by atoms with Crippen LogP contribution < -0.4 is 5.32 Å². The molecule has 0 unspecified atom stereocenters. The summed E-state index contributed by atoms with van der Waals surface area (Å²) in [7, 11) is 0. The number of carbonyl (C=O) groups excluding carboxylic acids is 2. The van der Waals surface area contributed by atoms with Crippen molar-refractivity contribution in [1.29, 1.82) is 0 Å². The lowest BCUT2D eigenvalue weighted by Crippen LogP contribution is -2.58. The van der Waals surface area contributed by atoms with Crippen molar-refractivity contribution < 1.29 is 14.0 Å². The average Bonchev–Trinajstić information content (AvgIpc) is 2.48. The van der Waals surface area contributed by atoms with Gasteiger partial charge in [-0.15, -0.1) is 0 Å². The molecule has 2 aliphatic rings. The highest BCUT2D eigenvalue weighted by molar-refractivity contribution is 5.93. The Hall–Kier alpha value is -1.13. The highest BCUT2D eigenvalue weighted by Crippen LogP contribution is 2.31. The quantitative estimate of drug-likeness (QED) is 0.829. The molecule has 1 aliphatic heterocycles. The van der Waals surface area contributed by atoms with Gasteiger partial charge in [0, 0.05) is 19.5 Å². The highest BCUT2D eigenvalue weighted by atomic mass is 19.1. The Morgan fingerprint density at radius 3 is 2.61 bits per heavy atom. The number of hydrogen-bond acceptors (Lipinski definition) is 2. The van der Waals surface area contributed by atoms with Gasteiger partial charge in [0.25, 0.3) is 0 Å². The Morgan fingerprint density at radius 2 is 1.94 bits per heavy atom. The number of rotatable bonds is 3. The van der Waals surface area contributed by atoms with Crippen molar-refractivity contribution in [3.63, 3.8) is 0 Å². The average molecular weight is 256 g/mol. The van der Waals surface area contributed by atoms with Gasteiger partial charge in [-0.3, -0.25) is 14.0 Å². The van der Waals surface area contributed by atoms with Crippen LogP contribution in [0.2, 0.25) is 0 Å². The number of hydrogen-bond donors (Lipinski definition) is 1. The van der Waals surface area contributed by atoms with Crippen LogP contribution in [-0.2, 0) is 9.59 Å². The molecule has 0 aromatic carbocycles. The monoisotopic (exact) mass is 256 g/mol. The van der Waals surface area contributed by atoms with Gasteiger partial charge in [-0.1, -0.05) is 19.3 Å². The van der Waals surface area contributed by atoms with Gasteiger partial charge in [0.05, 0.1) is 6.67 Å². The van der Waals surface area contributed by atoms with Crippen LogP contribution in [0.15, 0.2) is 0 Å². The first-order valence-corrected chi connectivity index (χ1v) is 6.84. The van der Waals surface area contributed by atoms with Crippen LogP contribution in [0.1, 0.15) is 44.9 Å². The smallest absolute Gasteiger partial charge is 0.248 e. The SMILES string of the molecule is O=C1CCN(CCCF)C(=O)C2(CCCCC2)N1. The molecule has 0 bridgehead atoms. The molecular weight excluding hydrogens is 235 g/mol. The summed E-state index contributed by atoms with van der Waals surface area (Å²) >= 11 is 0. The molecule has 0 aromatic rings. The van der Waals surface area contributed by atoms with Gasteiger partial charge < -0.3 is 10.2 Å². The maximum Gasteiger partial charge on any atom is 0.248 e. The first kappa shape index (κ1) is 13.3. The van der Waals surface area contributed by atoms with Gasteiger partial charge in [-0.25, -0.2) is 0 Å². The van der Waals surface area contributed by atoms with E-state index in [2.05, 4.69) is 5.32 Å². The zero-order chi connectivity index (χ0) is 13.0. The second kappa shape index (κ2) is 5.67. The molecular formula is C13H21FN2O2. The first-order valence-electron chi connectivity index (χ1n) is 6.84. The van der Waals surface area contributed by atoms with E-state index in [1.807, 2.05) is 0 Å². The minimum Gasteiger partial charge on any atom is -0.342 e. The molecule has 18 heavy (non-hydrogen) atoms. The summed E-state index contributed by atoms with van der Waals surface area (Å²) in [5.74, 6) is -0.0468. The van der Waals surface area contributed by atoms with Crippen LogP contribution in [0, 0.1) is 0 Å². The Labute approximate surface area is 107 Å². The lowest BCUT2D eigenvalue weighted by atomic mass is 9.80. The summed E-state index contributed by atoms with van der Waals surface area (Å²) in [4.78, 5) is 26.0. The van der Waals surface area contributed by atoms with Crippen molar-refractivity contribution in [3.8, 4) is 0 Å². The van der Waals surface area contributed by atoms with Crippen LogP contribution >= 0.6 is 0 Å². The maximum absolute atomic E-state index is 12.6. The molecule has 102 valence electrons. The predicted octanol–water partition coefficient (Wildman–Crippen LogP) is 1.40. The fraction of sp³-hybridized carbons (Fsp3) is 0.846. The number of amides is 2. The van der Waals surface area contributed by atoms with E-state index in [4.69, 9.17) is 0 Å². The second-order valence-corrected chi connectivity index (χ2v) is 5.28. The molecule has 1 spiro atoms. The second-order valence-electron chi connectivity index (χ2n) is 5.28. The minimum atomic E-state index is -0.692. The molecule has 0 radical (unpaired) electrons. The van der Waals surface area contributed by atoms with Crippen LogP contribution in [0.25, 0.3) is 0 Å². The zero-order valence-electron chi connectivity index (χ0n) is 10.7. The molecule has 1 aliphatic carbocycles. The molecule has 2 fully saturated rings. The summed E-state index contributed by atoms with van der Waals surface area (Å²) in [6, 6.07) is 0. The van der Waals surface area contributed by atoms with Crippen molar-refractivity contribution in [2.45, 2.75) is 50.5 Å². The normalized spacial score (nSPS) is 23.9. The van der Waals surface area contributed by atoms with Crippen molar-refractivity contribution in [2.75, 3.05) is 19.8 Å². The third kappa shape index (κ3) is 2.65. The Kier molecular flexibility index (Phi) is 4.19. The van der Waals surface area contributed by atoms with E-state index in [0.717, 1.165) is 32.1 Å².